The Morgan fingerprint density at radius 2 is 2.42 bits per heavy atom. The van der Waals surface area contributed by atoms with Gasteiger partial charge in [0.05, 0.1) is 12.1 Å². The van der Waals surface area contributed by atoms with E-state index >= 15 is 0 Å². The van der Waals surface area contributed by atoms with Crippen LogP contribution in [-0.4, -0.2) is 23.2 Å². The van der Waals surface area contributed by atoms with E-state index < -0.39 is 5.97 Å². The zero-order valence-electron chi connectivity index (χ0n) is 6.24. The highest BCUT2D eigenvalue weighted by molar-refractivity contribution is 6.32. The molecule has 0 atom stereocenters. The van der Waals surface area contributed by atoms with E-state index in [1.807, 2.05) is 0 Å². The molecule has 0 spiro atoms. The van der Waals surface area contributed by atoms with E-state index in [0.717, 1.165) is 0 Å². The second-order valence-corrected chi connectivity index (χ2v) is 2.39. The molecular weight excluding hydrogens is 182 g/mol. The number of hydrogen-bond acceptors (Lipinski definition) is 3. The maximum absolute atomic E-state index is 10.5. The highest BCUT2D eigenvalue weighted by Gasteiger charge is 2.14. The van der Waals surface area contributed by atoms with Crippen molar-refractivity contribution in [3.63, 3.8) is 0 Å². The summed E-state index contributed by atoms with van der Waals surface area (Å²) < 4.78 is 4.76. The third-order valence-electron chi connectivity index (χ3n) is 1.26. The van der Waals surface area contributed by atoms with Crippen LogP contribution in [0.25, 0.3) is 0 Å². The van der Waals surface area contributed by atoms with Crippen molar-refractivity contribution in [2.45, 2.75) is 0 Å². The van der Waals surface area contributed by atoms with Gasteiger partial charge in [0.25, 0.3) is 0 Å². The second kappa shape index (κ2) is 3.40. The van der Waals surface area contributed by atoms with Crippen LogP contribution >= 0.6 is 11.6 Å². The van der Waals surface area contributed by atoms with Crippen molar-refractivity contribution < 1.29 is 14.6 Å². The first kappa shape index (κ1) is 8.80. The van der Waals surface area contributed by atoms with Gasteiger partial charge < -0.3 is 9.84 Å². The fourth-order valence-electron chi connectivity index (χ4n) is 0.771. The van der Waals surface area contributed by atoms with E-state index in [4.69, 9.17) is 21.4 Å². The predicted molar refractivity (Wildman–Crippen MR) is 42.8 cm³/mol. The molecule has 1 N–H and O–H groups in total. The summed E-state index contributed by atoms with van der Waals surface area (Å²) in [6.07, 6.45) is 1.31. The molecule has 0 aliphatic carbocycles. The molecule has 0 aliphatic rings. The normalized spacial score (nSPS) is 9.50. The van der Waals surface area contributed by atoms with Gasteiger partial charge in [-0.2, -0.15) is 0 Å². The Balaban J connectivity index is 3.27. The van der Waals surface area contributed by atoms with Crippen LogP contribution in [0.2, 0.25) is 5.02 Å². The molecule has 0 aliphatic heterocycles. The lowest BCUT2D eigenvalue weighted by Crippen LogP contribution is -2.03. The zero-order valence-corrected chi connectivity index (χ0v) is 7.00. The third-order valence-corrected chi connectivity index (χ3v) is 1.56. The number of rotatable bonds is 2. The molecule has 0 amide bonds. The van der Waals surface area contributed by atoms with Crippen molar-refractivity contribution in [1.29, 1.82) is 0 Å². The van der Waals surface area contributed by atoms with Gasteiger partial charge in [-0.1, -0.05) is 11.6 Å². The summed E-state index contributed by atoms with van der Waals surface area (Å²) >= 11 is 5.65. The summed E-state index contributed by atoms with van der Waals surface area (Å²) in [5.41, 5.74) is -0.176. The molecule has 1 aromatic rings. The van der Waals surface area contributed by atoms with Crippen LogP contribution in [0.4, 0.5) is 0 Å². The van der Waals surface area contributed by atoms with Crippen molar-refractivity contribution in [3.05, 3.63) is 23.0 Å². The summed E-state index contributed by atoms with van der Waals surface area (Å²) in [6.45, 7) is 0. The smallest absolute Gasteiger partial charge is 0.358 e. The fraction of sp³-hybridized carbons (Fsp3) is 0.143. The van der Waals surface area contributed by atoms with E-state index in [0.29, 0.717) is 0 Å². The van der Waals surface area contributed by atoms with Gasteiger partial charge in [-0.25, -0.2) is 9.78 Å². The Morgan fingerprint density at radius 1 is 1.75 bits per heavy atom. The summed E-state index contributed by atoms with van der Waals surface area (Å²) in [7, 11) is 1.34. The van der Waals surface area contributed by atoms with Crippen molar-refractivity contribution in [1.82, 2.24) is 4.98 Å². The van der Waals surface area contributed by atoms with Crippen LogP contribution in [0.5, 0.6) is 5.75 Å². The van der Waals surface area contributed by atoms with Crippen molar-refractivity contribution >= 4 is 17.6 Å². The Bertz CT molecular complexity index is 314. The average Bonchev–Trinajstić information content (AvgIpc) is 2.03. The van der Waals surface area contributed by atoms with Gasteiger partial charge in [0.2, 0.25) is 0 Å². The zero-order chi connectivity index (χ0) is 9.14. The molecule has 0 fully saturated rings. The minimum absolute atomic E-state index is 0.0895. The van der Waals surface area contributed by atoms with Crippen LogP contribution < -0.4 is 4.74 Å². The molecule has 64 valence electrons. The van der Waals surface area contributed by atoms with Gasteiger partial charge in [0.1, 0.15) is 0 Å². The van der Waals surface area contributed by atoms with E-state index in [1.54, 1.807) is 0 Å². The molecule has 0 aromatic carbocycles. The van der Waals surface area contributed by atoms with E-state index in [-0.39, 0.29) is 16.5 Å². The van der Waals surface area contributed by atoms with Crippen LogP contribution in [0.1, 0.15) is 10.5 Å². The van der Waals surface area contributed by atoms with Gasteiger partial charge in [0, 0.05) is 6.20 Å². The molecule has 0 unspecified atom stereocenters. The Hall–Kier alpha value is -1.29. The first-order valence-corrected chi connectivity index (χ1v) is 3.46. The average molecular weight is 188 g/mol. The van der Waals surface area contributed by atoms with Gasteiger partial charge in [0.15, 0.2) is 11.4 Å². The number of hydrogen-bond donors (Lipinski definition) is 1. The van der Waals surface area contributed by atoms with E-state index in [2.05, 4.69) is 4.98 Å². The number of halogens is 1. The van der Waals surface area contributed by atoms with E-state index in [9.17, 15) is 4.79 Å². The van der Waals surface area contributed by atoms with Crippen molar-refractivity contribution in [2.75, 3.05) is 7.11 Å². The first-order valence-electron chi connectivity index (χ1n) is 3.08. The minimum Gasteiger partial charge on any atom is -0.493 e. The molecular formula is C7H6ClNO3. The third kappa shape index (κ3) is 1.48. The number of carboxylic acid groups (broad SMARTS) is 1. The Labute approximate surface area is 73.8 Å². The number of ether oxygens (including phenoxy) is 1. The fourth-order valence-corrected chi connectivity index (χ4v) is 0.994. The monoisotopic (exact) mass is 187 g/mol. The Kier molecular flexibility index (Phi) is 2.50. The highest BCUT2D eigenvalue weighted by Crippen LogP contribution is 2.25. The molecule has 0 radical (unpaired) electrons. The molecule has 1 rings (SSSR count). The number of methoxy groups -OCH3 is 1. The van der Waals surface area contributed by atoms with Gasteiger partial charge in [-0.15, -0.1) is 0 Å². The molecule has 1 heterocycles. The molecule has 12 heavy (non-hydrogen) atoms. The number of carboxylic acids is 1. The highest BCUT2D eigenvalue weighted by atomic mass is 35.5. The van der Waals surface area contributed by atoms with Gasteiger partial charge >= 0.3 is 5.97 Å². The maximum atomic E-state index is 10.5. The molecule has 0 bridgehead atoms. The van der Waals surface area contributed by atoms with Crippen molar-refractivity contribution in [2.24, 2.45) is 0 Å². The van der Waals surface area contributed by atoms with Crippen LogP contribution in [0, 0.1) is 0 Å². The Morgan fingerprint density at radius 3 is 2.83 bits per heavy atom. The number of pyridine rings is 1. The van der Waals surface area contributed by atoms with Crippen LogP contribution in [0.3, 0.4) is 0 Å². The minimum atomic E-state index is -1.16. The number of aromatic carboxylic acids is 1. The summed E-state index contributed by atoms with van der Waals surface area (Å²) in [5.74, 6) is -1.07. The second-order valence-electron chi connectivity index (χ2n) is 1.98. The largest absolute Gasteiger partial charge is 0.493 e. The lowest BCUT2D eigenvalue weighted by molar-refractivity contribution is 0.0686. The number of aromatic nitrogens is 1. The predicted octanol–water partition coefficient (Wildman–Crippen LogP) is 1.44. The molecule has 0 saturated carbocycles. The maximum Gasteiger partial charge on any atom is 0.358 e. The summed E-state index contributed by atoms with van der Waals surface area (Å²) in [5, 5.41) is 8.86. The van der Waals surface area contributed by atoms with Crippen molar-refractivity contribution in [3.8, 4) is 5.75 Å². The standard InChI is InChI=1S/C7H6ClNO3/c1-12-6-4(8)2-3-9-5(6)7(10)11/h2-3H,1H3,(H,10,11). The molecule has 5 heteroatoms. The number of nitrogens with zero attached hydrogens (tertiary/aromatic N) is 1. The first-order chi connectivity index (χ1) is 5.66. The molecule has 1 aromatic heterocycles. The quantitative estimate of drug-likeness (QED) is 0.761. The molecule has 4 nitrogen and oxygen atoms in total. The lowest BCUT2D eigenvalue weighted by atomic mass is 10.3. The number of carbonyl (C=O) groups is 1. The topological polar surface area (TPSA) is 59.4 Å². The lowest BCUT2D eigenvalue weighted by Gasteiger charge is -2.04. The van der Waals surface area contributed by atoms with Gasteiger partial charge in [-0.05, 0) is 6.07 Å². The molecule has 0 saturated heterocycles. The van der Waals surface area contributed by atoms with Crippen LogP contribution in [0.15, 0.2) is 12.3 Å². The summed E-state index contributed by atoms with van der Waals surface area (Å²) in [6, 6.07) is 1.47. The SMILES string of the molecule is COc1c(Cl)ccnc1C(=O)O. The van der Waals surface area contributed by atoms with Crippen LogP contribution in [-0.2, 0) is 0 Å². The van der Waals surface area contributed by atoms with Gasteiger partial charge in [-0.3, -0.25) is 0 Å². The summed E-state index contributed by atoms with van der Waals surface area (Å²) in [4.78, 5) is 14.1. The van der Waals surface area contributed by atoms with E-state index in [1.165, 1.54) is 19.4 Å².